The lowest BCUT2D eigenvalue weighted by Gasteiger charge is -2.27. The standard InChI is InChI=1S/C14H30N2O/c1-12-13(8-11-17-12)16(5)10-7-6-9-15-14(2,3)4/h12-13,15H,6-11H2,1-5H3. The van der Waals surface area contributed by atoms with E-state index in [2.05, 4.69) is 45.0 Å². The van der Waals surface area contributed by atoms with E-state index in [4.69, 9.17) is 4.74 Å². The van der Waals surface area contributed by atoms with Crippen molar-refractivity contribution in [3.63, 3.8) is 0 Å². The van der Waals surface area contributed by atoms with E-state index in [-0.39, 0.29) is 5.54 Å². The lowest BCUT2D eigenvalue weighted by atomic mass is 10.1. The number of ether oxygens (including phenoxy) is 1. The highest BCUT2D eigenvalue weighted by Crippen LogP contribution is 2.18. The van der Waals surface area contributed by atoms with Gasteiger partial charge < -0.3 is 15.0 Å². The molecule has 0 aromatic heterocycles. The van der Waals surface area contributed by atoms with Gasteiger partial charge in [0.25, 0.3) is 0 Å². The first-order valence-corrected chi connectivity index (χ1v) is 6.97. The van der Waals surface area contributed by atoms with Gasteiger partial charge in [0.1, 0.15) is 0 Å². The summed E-state index contributed by atoms with van der Waals surface area (Å²) >= 11 is 0. The summed E-state index contributed by atoms with van der Waals surface area (Å²) in [4.78, 5) is 2.47. The minimum absolute atomic E-state index is 0.250. The van der Waals surface area contributed by atoms with Crippen molar-refractivity contribution >= 4 is 0 Å². The summed E-state index contributed by atoms with van der Waals surface area (Å²) in [7, 11) is 2.23. The number of likely N-dealkylation sites (N-methyl/N-ethyl adjacent to an activating group) is 1. The molecule has 1 rings (SSSR count). The molecule has 0 spiro atoms. The Balaban J connectivity index is 2.06. The molecule has 0 bridgehead atoms. The minimum Gasteiger partial charge on any atom is -0.377 e. The molecule has 1 heterocycles. The fourth-order valence-corrected chi connectivity index (χ4v) is 2.41. The van der Waals surface area contributed by atoms with Crippen molar-refractivity contribution in [2.24, 2.45) is 0 Å². The van der Waals surface area contributed by atoms with E-state index in [1.54, 1.807) is 0 Å². The molecular weight excluding hydrogens is 212 g/mol. The van der Waals surface area contributed by atoms with Gasteiger partial charge in [0.15, 0.2) is 0 Å². The SMILES string of the molecule is CC1OCCC1N(C)CCCCNC(C)(C)C. The quantitative estimate of drug-likeness (QED) is 0.723. The molecule has 1 aliphatic rings. The molecule has 3 heteroatoms. The topological polar surface area (TPSA) is 24.5 Å². The van der Waals surface area contributed by atoms with Crippen LogP contribution in [0.15, 0.2) is 0 Å². The first-order chi connectivity index (χ1) is 7.90. The maximum absolute atomic E-state index is 5.60. The predicted octanol–water partition coefficient (Wildman–Crippen LogP) is 2.26. The lowest BCUT2D eigenvalue weighted by molar-refractivity contribution is 0.0831. The van der Waals surface area contributed by atoms with E-state index >= 15 is 0 Å². The first kappa shape index (κ1) is 14.9. The molecule has 3 nitrogen and oxygen atoms in total. The molecule has 17 heavy (non-hydrogen) atoms. The molecule has 0 saturated carbocycles. The summed E-state index contributed by atoms with van der Waals surface area (Å²) in [5.74, 6) is 0. The molecule has 2 atom stereocenters. The van der Waals surface area contributed by atoms with Gasteiger partial charge in [-0.25, -0.2) is 0 Å². The van der Waals surface area contributed by atoms with Crippen molar-refractivity contribution < 1.29 is 4.74 Å². The Morgan fingerprint density at radius 2 is 2.00 bits per heavy atom. The van der Waals surface area contributed by atoms with Gasteiger partial charge in [-0.2, -0.15) is 0 Å². The van der Waals surface area contributed by atoms with Gasteiger partial charge >= 0.3 is 0 Å². The highest BCUT2D eigenvalue weighted by molar-refractivity contribution is 4.80. The summed E-state index contributed by atoms with van der Waals surface area (Å²) in [6.45, 7) is 12.1. The second-order valence-corrected chi connectivity index (χ2v) is 6.30. The van der Waals surface area contributed by atoms with E-state index < -0.39 is 0 Å². The van der Waals surface area contributed by atoms with Crippen LogP contribution in [0, 0.1) is 0 Å². The third-order valence-corrected chi connectivity index (χ3v) is 3.50. The first-order valence-electron chi connectivity index (χ1n) is 6.97. The molecule has 2 unspecified atom stereocenters. The Morgan fingerprint density at radius 1 is 1.29 bits per heavy atom. The van der Waals surface area contributed by atoms with Gasteiger partial charge in [-0.15, -0.1) is 0 Å². The minimum atomic E-state index is 0.250. The molecule has 1 aliphatic heterocycles. The van der Waals surface area contributed by atoms with Crippen LogP contribution in [0.4, 0.5) is 0 Å². The average molecular weight is 242 g/mol. The van der Waals surface area contributed by atoms with Crippen molar-refractivity contribution in [3.05, 3.63) is 0 Å². The van der Waals surface area contributed by atoms with E-state index in [0.717, 1.165) is 13.2 Å². The molecule has 0 aromatic carbocycles. The van der Waals surface area contributed by atoms with Crippen LogP contribution in [-0.4, -0.2) is 49.3 Å². The zero-order valence-electron chi connectivity index (χ0n) is 12.3. The molecular formula is C14H30N2O. The van der Waals surface area contributed by atoms with Crippen LogP contribution < -0.4 is 5.32 Å². The molecule has 0 amide bonds. The van der Waals surface area contributed by atoms with Crippen LogP contribution in [0.1, 0.15) is 47.0 Å². The normalized spacial score (nSPS) is 25.8. The fourth-order valence-electron chi connectivity index (χ4n) is 2.41. The second kappa shape index (κ2) is 6.72. The molecule has 102 valence electrons. The van der Waals surface area contributed by atoms with Crippen LogP contribution in [0.25, 0.3) is 0 Å². The Hall–Kier alpha value is -0.120. The van der Waals surface area contributed by atoms with Crippen molar-refractivity contribution in [1.82, 2.24) is 10.2 Å². The maximum atomic E-state index is 5.60. The number of rotatable bonds is 6. The smallest absolute Gasteiger partial charge is 0.0702 e. The number of hydrogen-bond acceptors (Lipinski definition) is 3. The zero-order valence-corrected chi connectivity index (χ0v) is 12.3. The Labute approximate surface area is 107 Å². The second-order valence-electron chi connectivity index (χ2n) is 6.30. The van der Waals surface area contributed by atoms with Gasteiger partial charge in [0, 0.05) is 18.2 Å². The number of hydrogen-bond donors (Lipinski definition) is 1. The van der Waals surface area contributed by atoms with Crippen molar-refractivity contribution in [2.45, 2.75) is 64.6 Å². The molecule has 0 aromatic rings. The van der Waals surface area contributed by atoms with E-state index in [1.807, 2.05) is 0 Å². The zero-order chi connectivity index (χ0) is 12.9. The molecule has 1 N–H and O–H groups in total. The van der Waals surface area contributed by atoms with Crippen LogP contribution in [0.3, 0.4) is 0 Å². The Kier molecular flexibility index (Phi) is 5.90. The van der Waals surface area contributed by atoms with Crippen LogP contribution in [0.5, 0.6) is 0 Å². The molecule has 0 radical (unpaired) electrons. The Bertz CT molecular complexity index is 213. The highest BCUT2D eigenvalue weighted by Gasteiger charge is 2.27. The third kappa shape index (κ3) is 5.84. The van der Waals surface area contributed by atoms with Gasteiger partial charge in [0.2, 0.25) is 0 Å². The summed E-state index contributed by atoms with van der Waals surface area (Å²) in [5, 5.41) is 3.53. The summed E-state index contributed by atoms with van der Waals surface area (Å²) in [6.07, 6.45) is 4.12. The van der Waals surface area contributed by atoms with Crippen LogP contribution in [-0.2, 0) is 4.74 Å². The molecule has 0 aliphatic carbocycles. The monoisotopic (exact) mass is 242 g/mol. The predicted molar refractivity (Wildman–Crippen MR) is 73.4 cm³/mol. The lowest BCUT2D eigenvalue weighted by Crippen LogP contribution is -2.38. The summed E-state index contributed by atoms with van der Waals surface area (Å²) in [5.41, 5.74) is 0.250. The van der Waals surface area contributed by atoms with E-state index in [9.17, 15) is 0 Å². The van der Waals surface area contributed by atoms with E-state index in [0.29, 0.717) is 12.1 Å². The number of nitrogens with one attached hydrogen (secondary N) is 1. The van der Waals surface area contributed by atoms with Crippen molar-refractivity contribution in [1.29, 1.82) is 0 Å². The average Bonchev–Trinajstić information content (AvgIpc) is 2.62. The fraction of sp³-hybridized carbons (Fsp3) is 1.00. The highest BCUT2D eigenvalue weighted by atomic mass is 16.5. The van der Waals surface area contributed by atoms with Gasteiger partial charge in [-0.3, -0.25) is 0 Å². The summed E-state index contributed by atoms with van der Waals surface area (Å²) < 4.78 is 5.60. The van der Waals surface area contributed by atoms with Gasteiger partial charge in [-0.05, 0) is 67.1 Å². The molecule has 1 fully saturated rings. The largest absolute Gasteiger partial charge is 0.377 e. The van der Waals surface area contributed by atoms with Crippen LogP contribution >= 0.6 is 0 Å². The van der Waals surface area contributed by atoms with Crippen molar-refractivity contribution in [2.75, 3.05) is 26.7 Å². The van der Waals surface area contributed by atoms with Crippen LogP contribution in [0.2, 0.25) is 0 Å². The van der Waals surface area contributed by atoms with E-state index in [1.165, 1.54) is 25.8 Å². The van der Waals surface area contributed by atoms with Gasteiger partial charge in [-0.1, -0.05) is 0 Å². The molecule has 1 saturated heterocycles. The van der Waals surface area contributed by atoms with Gasteiger partial charge in [0.05, 0.1) is 6.10 Å². The third-order valence-electron chi connectivity index (χ3n) is 3.50. The maximum Gasteiger partial charge on any atom is 0.0702 e. The Morgan fingerprint density at radius 3 is 2.53 bits per heavy atom. The van der Waals surface area contributed by atoms with Crippen molar-refractivity contribution in [3.8, 4) is 0 Å². The number of nitrogens with zero attached hydrogens (tertiary/aromatic N) is 1. The summed E-state index contributed by atoms with van der Waals surface area (Å²) in [6, 6.07) is 0.630. The number of unbranched alkanes of at least 4 members (excludes halogenated alkanes) is 1.